The summed E-state index contributed by atoms with van der Waals surface area (Å²) in [5.41, 5.74) is 0.686. The molecule has 0 bridgehead atoms. The summed E-state index contributed by atoms with van der Waals surface area (Å²) in [6, 6.07) is 8.44. The molecule has 3 rings (SSSR count). The van der Waals surface area contributed by atoms with Gasteiger partial charge in [-0.05, 0) is 85.4 Å². The summed E-state index contributed by atoms with van der Waals surface area (Å²) in [5, 5.41) is 15.1. The summed E-state index contributed by atoms with van der Waals surface area (Å²) in [4.78, 5) is 40.3. The molecule has 2 heterocycles. The van der Waals surface area contributed by atoms with Gasteiger partial charge < -0.3 is 20.6 Å². The highest BCUT2D eigenvalue weighted by Gasteiger charge is 2.31. The minimum absolute atomic E-state index is 0.0395. The Morgan fingerprint density at radius 3 is 2.61 bits per heavy atom. The minimum atomic E-state index is -1.14. The van der Waals surface area contributed by atoms with E-state index in [0.29, 0.717) is 22.7 Å². The van der Waals surface area contributed by atoms with Gasteiger partial charge in [-0.15, -0.1) is 11.3 Å². The van der Waals surface area contributed by atoms with Gasteiger partial charge in [-0.25, -0.2) is 0 Å². The molecule has 1 aromatic carbocycles. The Bertz CT molecular complexity index is 1000. The number of thiophene rings is 1. The number of rotatable bonds is 6. The van der Waals surface area contributed by atoms with Gasteiger partial charge in [-0.3, -0.25) is 14.4 Å². The molecule has 0 saturated carbocycles. The maximum absolute atomic E-state index is 12.9. The molecule has 1 fully saturated rings. The van der Waals surface area contributed by atoms with E-state index in [4.69, 9.17) is 0 Å². The lowest BCUT2D eigenvalue weighted by atomic mass is 10.0. The molecule has 1 aromatic heterocycles. The molecule has 31 heavy (non-hydrogen) atoms. The number of aryl methyl sites for hydroxylation is 1. The number of hydrogen-bond acceptors (Lipinski definition) is 5. The summed E-state index contributed by atoms with van der Waals surface area (Å²) < 4.78 is 0.837. The van der Waals surface area contributed by atoms with Crippen LogP contribution in [0.3, 0.4) is 0 Å². The van der Waals surface area contributed by atoms with Crippen LogP contribution in [0.25, 0.3) is 0 Å². The predicted molar refractivity (Wildman–Crippen MR) is 125 cm³/mol. The zero-order valence-electron chi connectivity index (χ0n) is 17.7. The van der Waals surface area contributed by atoms with E-state index in [9.17, 15) is 19.5 Å². The van der Waals surface area contributed by atoms with Gasteiger partial charge in [0, 0.05) is 17.8 Å². The lowest BCUT2D eigenvalue weighted by Gasteiger charge is -2.26. The SMILES string of the molecule is Cc1cc(NC(=O)C(C)(C)NC(=O)c2ccc(Br)s2)ccc1C(=O)N1CCC[C@H]1CO. The smallest absolute Gasteiger partial charge is 0.262 e. The number of aliphatic hydroxyl groups is 1. The first kappa shape index (κ1) is 23.4. The Balaban J connectivity index is 1.68. The molecule has 1 saturated heterocycles. The maximum Gasteiger partial charge on any atom is 0.262 e. The molecular weight excluding hydrogens is 482 g/mol. The molecule has 9 heteroatoms. The second-order valence-electron chi connectivity index (χ2n) is 8.14. The van der Waals surface area contributed by atoms with E-state index in [0.717, 1.165) is 22.2 Å². The molecule has 3 N–H and O–H groups in total. The van der Waals surface area contributed by atoms with Gasteiger partial charge in [0.2, 0.25) is 5.91 Å². The summed E-state index contributed by atoms with van der Waals surface area (Å²) in [7, 11) is 0. The van der Waals surface area contributed by atoms with Crippen LogP contribution in [-0.4, -0.2) is 52.5 Å². The standard InChI is InChI=1S/C22H26BrN3O4S/c1-13-11-14(6-7-16(13)20(29)26-10-4-5-15(26)12-27)24-21(30)22(2,3)25-19(28)17-8-9-18(23)31-17/h6-9,11,15,27H,4-5,10,12H2,1-3H3,(H,24,30)(H,25,28)/t15-/m0/s1. The van der Waals surface area contributed by atoms with Crippen LogP contribution in [0, 0.1) is 6.92 Å². The van der Waals surface area contributed by atoms with E-state index < -0.39 is 5.54 Å². The molecule has 1 atom stereocenters. The number of anilines is 1. The first-order chi connectivity index (χ1) is 14.6. The fourth-order valence-corrected chi connectivity index (χ4v) is 4.84. The number of benzene rings is 1. The fraction of sp³-hybridized carbons (Fsp3) is 0.409. The predicted octanol–water partition coefficient (Wildman–Crippen LogP) is 3.56. The third kappa shape index (κ3) is 5.34. The molecule has 3 amide bonds. The van der Waals surface area contributed by atoms with Gasteiger partial charge in [0.05, 0.1) is 21.3 Å². The van der Waals surface area contributed by atoms with Crippen molar-refractivity contribution in [1.29, 1.82) is 0 Å². The van der Waals surface area contributed by atoms with Crippen molar-refractivity contribution in [2.24, 2.45) is 0 Å². The molecule has 0 spiro atoms. The molecule has 0 aliphatic carbocycles. The highest BCUT2D eigenvalue weighted by molar-refractivity contribution is 9.11. The lowest BCUT2D eigenvalue weighted by molar-refractivity contribution is -0.120. The summed E-state index contributed by atoms with van der Waals surface area (Å²) in [5.74, 6) is -0.798. The highest BCUT2D eigenvalue weighted by atomic mass is 79.9. The molecule has 7 nitrogen and oxygen atoms in total. The third-order valence-corrected chi connectivity index (χ3v) is 6.98. The molecule has 2 aromatic rings. The zero-order chi connectivity index (χ0) is 22.8. The second-order valence-corrected chi connectivity index (χ2v) is 10.6. The molecular formula is C22H26BrN3O4S. The van der Waals surface area contributed by atoms with Crippen molar-refractivity contribution in [2.75, 3.05) is 18.5 Å². The minimum Gasteiger partial charge on any atom is -0.394 e. The van der Waals surface area contributed by atoms with Crippen LogP contribution in [-0.2, 0) is 4.79 Å². The van der Waals surface area contributed by atoms with Gasteiger partial charge in [0.15, 0.2) is 0 Å². The van der Waals surface area contributed by atoms with Gasteiger partial charge in [0.25, 0.3) is 11.8 Å². The number of aliphatic hydroxyl groups excluding tert-OH is 1. The Morgan fingerprint density at radius 2 is 2.00 bits per heavy atom. The Kier molecular flexibility index (Phi) is 7.18. The lowest BCUT2D eigenvalue weighted by Crippen LogP contribution is -2.52. The second kappa shape index (κ2) is 9.50. The summed E-state index contributed by atoms with van der Waals surface area (Å²) in [6.07, 6.45) is 1.69. The van der Waals surface area contributed by atoms with Crippen molar-refractivity contribution in [1.82, 2.24) is 10.2 Å². The number of carbonyl (C=O) groups is 3. The number of halogens is 1. The average Bonchev–Trinajstić information content (AvgIpc) is 3.36. The quantitative estimate of drug-likeness (QED) is 0.556. The van der Waals surface area contributed by atoms with Crippen LogP contribution < -0.4 is 10.6 Å². The number of likely N-dealkylation sites (tertiary alicyclic amines) is 1. The fourth-order valence-electron chi connectivity index (χ4n) is 3.55. The summed E-state index contributed by atoms with van der Waals surface area (Å²) >= 11 is 4.62. The van der Waals surface area contributed by atoms with Crippen molar-refractivity contribution >= 4 is 50.7 Å². The normalized spacial score (nSPS) is 16.3. The number of nitrogens with zero attached hydrogens (tertiary/aromatic N) is 1. The molecule has 166 valence electrons. The Morgan fingerprint density at radius 1 is 1.26 bits per heavy atom. The molecule has 1 aliphatic heterocycles. The van der Waals surface area contributed by atoms with Crippen molar-refractivity contribution in [2.45, 2.75) is 45.2 Å². The molecule has 1 aliphatic rings. The topological polar surface area (TPSA) is 98.7 Å². The van der Waals surface area contributed by atoms with E-state index in [1.54, 1.807) is 49.1 Å². The van der Waals surface area contributed by atoms with Crippen LogP contribution in [0.4, 0.5) is 5.69 Å². The Hall–Kier alpha value is -2.23. The van der Waals surface area contributed by atoms with Crippen molar-refractivity contribution < 1.29 is 19.5 Å². The van der Waals surface area contributed by atoms with Gasteiger partial charge in [-0.1, -0.05) is 0 Å². The van der Waals surface area contributed by atoms with Crippen LogP contribution in [0.5, 0.6) is 0 Å². The number of nitrogens with one attached hydrogen (secondary N) is 2. The van der Waals surface area contributed by atoms with Crippen molar-refractivity contribution in [3.8, 4) is 0 Å². The van der Waals surface area contributed by atoms with Crippen LogP contribution in [0.15, 0.2) is 34.1 Å². The first-order valence-corrected chi connectivity index (χ1v) is 11.6. The number of carbonyl (C=O) groups excluding carboxylic acids is 3. The maximum atomic E-state index is 12.9. The van der Waals surface area contributed by atoms with Gasteiger partial charge >= 0.3 is 0 Å². The van der Waals surface area contributed by atoms with E-state index in [-0.39, 0.29) is 30.4 Å². The van der Waals surface area contributed by atoms with E-state index in [1.165, 1.54) is 11.3 Å². The highest BCUT2D eigenvalue weighted by Crippen LogP contribution is 2.24. The monoisotopic (exact) mass is 507 g/mol. The van der Waals surface area contributed by atoms with E-state index in [1.807, 2.05) is 6.92 Å². The number of amides is 3. The van der Waals surface area contributed by atoms with Gasteiger partial charge in [0.1, 0.15) is 5.54 Å². The molecule has 0 unspecified atom stereocenters. The molecule has 0 radical (unpaired) electrons. The van der Waals surface area contributed by atoms with Crippen molar-refractivity contribution in [3.05, 3.63) is 50.1 Å². The van der Waals surface area contributed by atoms with Crippen LogP contribution in [0.1, 0.15) is 52.3 Å². The van der Waals surface area contributed by atoms with Gasteiger partial charge in [-0.2, -0.15) is 0 Å². The third-order valence-electron chi connectivity index (χ3n) is 5.35. The number of hydrogen-bond donors (Lipinski definition) is 3. The van der Waals surface area contributed by atoms with Crippen LogP contribution in [0.2, 0.25) is 0 Å². The first-order valence-electron chi connectivity index (χ1n) is 10.0. The van der Waals surface area contributed by atoms with E-state index in [2.05, 4.69) is 26.6 Å². The van der Waals surface area contributed by atoms with Crippen LogP contribution >= 0.6 is 27.3 Å². The average molecular weight is 508 g/mol. The van der Waals surface area contributed by atoms with Crippen molar-refractivity contribution in [3.63, 3.8) is 0 Å². The summed E-state index contributed by atoms with van der Waals surface area (Å²) in [6.45, 7) is 5.68. The Labute approximate surface area is 194 Å². The zero-order valence-corrected chi connectivity index (χ0v) is 20.1. The largest absolute Gasteiger partial charge is 0.394 e. The van der Waals surface area contributed by atoms with E-state index >= 15 is 0 Å².